The Labute approximate surface area is 155 Å². The summed E-state index contributed by atoms with van der Waals surface area (Å²) < 4.78 is 9.83. The van der Waals surface area contributed by atoms with E-state index < -0.39 is 10.8 Å². The number of furan rings is 1. The molecule has 0 aliphatic carbocycles. The highest BCUT2D eigenvalue weighted by molar-refractivity contribution is 6.31. The first kappa shape index (κ1) is 18.1. The van der Waals surface area contributed by atoms with E-state index in [1.165, 1.54) is 30.5 Å². The normalized spacial score (nSPS) is 11.0. The molecule has 1 amide bonds. The first-order valence-corrected chi connectivity index (χ1v) is 7.70. The molecule has 1 aromatic carbocycles. The number of amides is 1. The molecule has 0 saturated carbocycles. The van der Waals surface area contributed by atoms with Crippen LogP contribution in [0.5, 0.6) is 0 Å². The van der Waals surface area contributed by atoms with Gasteiger partial charge in [-0.25, -0.2) is 10.1 Å². The number of carbonyl (C=O) groups excluding carboxylic acids is 1. The molecule has 0 unspecified atom stereocenters. The highest BCUT2D eigenvalue weighted by atomic mass is 35.5. The second-order valence-corrected chi connectivity index (χ2v) is 5.68. The van der Waals surface area contributed by atoms with Gasteiger partial charge in [-0.1, -0.05) is 11.6 Å². The summed E-state index contributed by atoms with van der Waals surface area (Å²) in [7, 11) is 0. The topological polar surface area (TPSA) is 163 Å². The first-order chi connectivity index (χ1) is 12.9. The van der Waals surface area contributed by atoms with Crippen LogP contribution in [0.3, 0.4) is 0 Å². The Kier molecular flexibility index (Phi) is 4.86. The molecule has 3 rings (SSSR count). The Hall–Kier alpha value is -3.73. The number of nitro groups is 1. The zero-order valence-electron chi connectivity index (χ0n) is 13.7. The average Bonchev–Trinajstić information content (AvgIpc) is 3.25. The standard InChI is InChI=1S/C15H11ClN6O5/c1-7-4-11(22(24)25)9(5-10(7)16)12-3-2-8(26-12)6-18-19-15(23)13-14(17)21-27-20-13/h2-6H,1H3,(H2,17,21)(H,19,23)/b18-6-. The lowest BCUT2D eigenvalue weighted by molar-refractivity contribution is -0.384. The minimum Gasteiger partial charge on any atom is -0.455 e. The minimum absolute atomic E-state index is 0.142. The van der Waals surface area contributed by atoms with Gasteiger partial charge in [-0.2, -0.15) is 5.10 Å². The molecule has 0 saturated heterocycles. The molecule has 0 aliphatic rings. The lowest BCUT2D eigenvalue weighted by Crippen LogP contribution is -2.19. The van der Waals surface area contributed by atoms with Gasteiger partial charge < -0.3 is 10.2 Å². The number of nitro benzene ring substituents is 1. The van der Waals surface area contributed by atoms with Crippen molar-refractivity contribution in [3.8, 4) is 11.3 Å². The molecule has 11 nitrogen and oxygen atoms in total. The summed E-state index contributed by atoms with van der Waals surface area (Å²) >= 11 is 6.06. The van der Waals surface area contributed by atoms with E-state index in [1.54, 1.807) is 6.92 Å². The van der Waals surface area contributed by atoms with Gasteiger partial charge in [0.05, 0.1) is 16.7 Å². The molecule has 12 heteroatoms. The molecule has 0 fully saturated rings. The highest BCUT2D eigenvalue weighted by Gasteiger charge is 2.20. The fourth-order valence-corrected chi connectivity index (χ4v) is 2.31. The second kappa shape index (κ2) is 7.25. The van der Waals surface area contributed by atoms with Gasteiger partial charge >= 0.3 is 0 Å². The third-order valence-electron chi connectivity index (χ3n) is 3.45. The third kappa shape index (κ3) is 3.77. The van der Waals surface area contributed by atoms with Crippen LogP contribution in [0.15, 0.2) is 38.4 Å². The molecular formula is C15H11ClN6O5. The number of nitrogens with two attached hydrogens (primary N) is 1. The largest absolute Gasteiger partial charge is 0.455 e. The van der Waals surface area contributed by atoms with Crippen LogP contribution in [0.4, 0.5) is 11.5 Å². The van der Waals surface area contributed by atoms with Gasteiger partial charge in [-0.15, -0.1) is 0 Å². The highest BCUT2D eigenvalue weighted by Crippen LogP contribution is 2.35. The van der Waals surface area contributed by atoms with Gasteiger partial charge in [-0.05, 0) is 41.0 Å². The number of nitrogen functional groups attached to an aromatic ring is 1. The van der Waals surface area contributed by atoms with E-state index in [-0.39, 0.29) is 34.3 Å². The number of aryl methyl sites for hydroxylation is 1. The second-order valence-electron chi connectivity index (χ2n) is 5.27. The summed E-state index contributed by atoms with van der Waals surface area (Å²) in [6.45, 7) is 1.67. The summed E-state index contributed by atoms with van der Waals surface area (Å²) in [6, 6.07) is 5.87. The van der Waals surface area contributed by atoms with E-state index in [0.717, 1.165) is 0 Å². The van der Waals surface area contributed by atoms with Crippen molar-refractivity contribution in [2.45, 2.75) is 6.92 Å². The predicted molar refractivity (Wildman–Crippen MR) is 94.3 cm³/mol. The number of benzene rings is 1. The zero-order valence-corrected chi connectivity index (χ0v) is 14.4. The Bertz CT molecular complexity index is 1060. The third-order valence-corrected chi connectivity index (χ3v) is 3.86. The molecule has 2 heterocycles. The van der Waals surface area contributed by atoms with Gasteiger partial charge in [0.15, 0.2) is 0 Å². The smallest absolute Gasteiger partial charge is 0.297 e. The Morgan fingerprint density at radius 2 is 2.19 bits per heavy atom. The van der Waals surface area contributed by atoms with Crippen molar-refractivity contribution in [2.75, 3.05) is 5.73 Å². The Morgan fingerprint density at radius 3 is 2.85 bits per heavy atom. The maximum atomic E-state index is 11.7. The van der Waals surface area contributed by atoms with Crippen LogP contribution in [0.25, 0.3) is 11.3 Å². The van der Waals surface area contributed by atoms with Crippen LogP contribution in [0.2, 0.25) is 5.02 Å². The van der Waals surface area contributed by atoms with E-state index in [4.69, 9.17) is 21.8 Å². The SMILES string of the molecule is Cc1cc([N+](=O)[O-])c(-c2ccc(/C=N\NC(=O)c3nonc3N)o2)cc1Cl. The minimum atomic E-state index is -0.724. The molecule has 3 aromatic rings. The summed E-state index contributed by atoms with van der Waals surface area (Å²) in [6.07, 6.45) is 1.20. The molecule has 138 valence electrons. The molecule has 2 aromatic heterocycles. The zero-order chi connectivity index (χ0) is 19.6. The van der Waals surface area contributed by atoms with E-state index >= 15 is 0 Å². The summed E-state index contributed by atoms with van der Waals surface area (Å²) in [4.78, 5) is 22.5. The number of hydrogen-bond acceptors (Lipinski definition) is 9. The number of rotatable bonds is 5. The van der Waals surface area contributed by atoms with Crippen molar-refractivity contribution >= 4 is 35.2 Å². The molecule has 0 radical (unpaired) electrons. The van der Waals surface area contributed by atoms with Crippen molar-refractivity contribution in [1.29, 1.82) is 0 Å². The number of carbonyl (C=O) groups is 1. The van der Waals surface area contributed by atoms with Crippen molar-refractivity contribution in [3.63, 3.8) is 0 Å². The number of nitrogens with zero attached hydrogens (tertiary/aromatic N) is 4. The summed E-state index contributed by atoms with van der Waals surface area (Å²) in [5, 5.41) is 21.9. The van der Waals surface area contributed by atoms with E-state index in [2.05, 4.69) is 25.5 Å². The van der Waals surface area contributed by atoms with Crippen molar-refractivity contribution in [1.82, 2.24) is 15.7 Å². The summed E-state index contributed by atoms with van der Waals surface area (Å²) in [5.74, 6) is -0.437. The number of hydrogen-bond donors (Lipinski definition) is 2. The lowest BCUT2D eigenvalue weighted by atomic mass is 10.1. The van der Waals surface area contributed by atoms with Crippen molar-refractivity contribution in [3.05, 3.63) is 56.4 Å². The van der Waals surface area contributed by atoms with Crippen molar-refractivity contribution < 1.29 is 18.8 Å². The van der Waals surface area contributed by atoms with Gasteiger partial charge in [0.25, 0.3) is 11.6 Å². The molecule has 0 spiro atoms. The number of nitrogens with one attached hydrogen (secondary N) is 1. The molecule has 3 N–H and O–H groups in total. The Morgan fingerprint density at radius 1 is 1.41 bits per heavy atom. The fraction of sp³-hybridized carbons (Fsp3) is 0.0667. The van der Waals surface area contributed by atoms with Gasteiger partial charge in [0, 0.05) is 11.1 Å². The average molecular weight is 391 g/mol. The number of halogens is 1. The molecule has 0 bridgehead atoms. The molecule has 0 atom stereocenters. The first-order valence-electron chi connectivity index (χ1n) is 7.33. The van der Waals surface area contributed by atoms with Gasteiger partial charge in [0.1, 0.15) is 11.5 Å². The van der Waals surface area contributed by atoms with Gasteiger partial charge in [-0.3, -0.25) is 14.9 Å². The van der Waals surface area contributed by atoms with Crippen LogP contribution in [0.1, 0.15) is 21.8 Å². The maximum Gasteiger partial charge on any atom is 0.297 e. The molecule has 27 heavy (non-hydrogen) atoms. The lowest BCUT2D eigenvalue weighted by Gasteiger charge is -2.03. The van der Waals surface area contributed by atoms with Crippen LogP contribution < -0.4 is 11.2 Å². The molecular weight excluding hydrogens is 380 g/mol. The predicted octanol–water partition coefficient (Wildman–Crippen LogP) is 2.55. The van der Waals surface area contributed by atoms with Crippen LogP contribution in [-0.4, -0.2) is 27.4 Å². The maximum absolute atomic E-state index is 11.7. The van der Waals surface area contributed by atoms with E-state index in [9.17, 15) is 14.9 Å². The van der Waals surface area contributed by atoms with E-state index in [1.807, 2.05) is 0 Å². The number of aromatic nitrogens is 2. The molecule has 0 aliphatic heterocycles. The van der Waals surface area contributed by atoms with E-state index in [0.29, 0.717) is 10.6 Å². The Balaban J connectivity index is 1.79. The van der Waals surface area contributed by atoms with Gasteiger partial charge in [0.2, 0.25) is 11.5 Å². The van der Waals surface area contributed by atoms with Crippen LogP contribution in [0, 0.1) is 17.0 Å². The number of hydrazone groups is 1. The fourth-order valence-electron chi connectivity index (χ4n) is 2.14. The summed E-state index contributed by atoms with van der Waals surface area (Å²) in [5.41, 5.74) is 8.00. The quantitative estimate of drug-likeness (QED) is 0.381. The monoisotopic (exact) mass is 390 g/mol. The number of anilines is 1. The van der Waals surface area contributed by atoms with Crippen LogP contribution in [-0.2, 0) is 0 Å². The van der Waals surface area contributed by atoms with Crippen molar-refractivity contribution in [2.24, 2.45) is 5.10 Å². The van der Waals surface area contributed by atoms with Crippen LogP contribution >= 0.6 is 11.6 Å².